The summed E-state index contributed by atoms with van der Waals surface area (Å²) >= 11 is 0. The van der Waals surface area contributed by atoms with Crippen LogP contribution in [0.25, 0.3) is 0 Å². The van der Waals surface area contributed by atoms with E-state index < -0.39 is 36.5 Å². The number of imide groups is 1. The van der Waals surface area contributed by atoms with Crippen molar-refractivity contribution in [1.29, 1.82) is 0 Å². The van der Waals surface area contributed by atoms with Crippen LogP contribution in [0.3, 0.4) is 0 Å². The molecule has 2 amide bonds. The van der Waals surface area contributed by atoms with Gasteiger partial charge in [0.25, 0.3) is 0 Å². The fraction of sp³-hybridized carbons (Fsp3) is 0.714. The van der Waals surface area contributed by atoms with Gasteiger partial charge in [-0.2, -0.15) is 26.3 Å². The molecule has 0 fully saturated rings. The van der Waals surface area contributed by atoms with Crippen molar-refractivity contribution in [2.75, 3.05) is 0 Å². The highest BCUT2D eigenvalue weighted by atomic mass is 19.3. The van der Waals surface area contributed by atoms with Crippen LogP contribution in [0, 0.1) is 0 Å². The number of hydrogen-bond donors (Lipinski definition) is 1. The molecule has 0 aromatic carbocycles. The van der Waals surface area contributed by atoms with Crippen LogP contribution in [-0.4, -0.2) is 29.6 Å². The van der Waals surface area contributed by atoms with Crippen molar-refractivity contribution in [3.63, 3.8) is 0 Å². The molecular formula is C7H7F6NO2. The molecular weight excluding hydrogens is 244 g/mol. The maximum absolute atomic E-state index is 12.7. The monoisotopic (exact) mass is 251 g/mol. The van der Waals surface area contributed by atoms with Crippen LogP contribution in [-0.2, 0) is 9.59 Å². The van der Waals surface area contributed by atoms with Gasteiger partial charge in [-0.1, -0.05) is 0 Å². The molecule has 16 heavy (non-hydrogen) atoms. The second-order valence-electron chi connectivity index (χ2n) is 3.05. The molecule has 0 heterocycles. The lowest BCUT2D eigenvalue weighted by Crippen LogP contribution is -2.60. The van der Waals surface area contributed by atoms with Crippen LogP contribution in [0.5, 0.6) is 0 Å². The van der Waals surface area contributed by atoms with E-state index in [2.05, 4.69) is 0 Å². The van der Waals surface area contributed by atoms with E-state index in [0.29, 0.717) is 6.92 Å². The molecule has 0 spiro atoms. The third-order valence-corrected chi connectivity index (χ3v) is 1.52. The zero-order chi connectivity index (χ0) is 13.4. The SMILES string of the molecule is CC(=O)NC(=O)C(F)(F)C(F)(F)C(C)(F)F. The van der Waals surface area contributed by atoms with Gasteiger partial charge in [-0.3, -0.25) is 14.9 Å². The van der Waals surface area contributed by atoms with Crippen LogP contribution in [0.2, 0.25) is 0 Å². The van der Waals surface area contributed by atoms with Gasteiger partial charge in [-0.25, -0.2) is 0 Å². The summed E-state index contributed by atoms with van der Waals surface area (Å²) in [5, 5.41) is 0.820. The minimum Gasteiger partial charge on any atom is -0.291 e. The van der Waals surface area contributed by atoms with Gasteiger partial charge < -0.3 is 0 Å². The smallest absolute Gasteiger partial charge is 0.291 e. The first-order valence-electron chi connectivity index (χ1n) is 3.79. The van der Waals surface area contributed by atoms with Gasteiger partial charge >= 0.3 is 23.7 Å². The molecule has 0 unspecified atom stereocenters. The maximum atomic E-state index is 12.7. The molecule has 0 aromatic rings. The molecule has 0 saturated heterocycles. The molecule has 0 aromatic heterocycles. The van der Waals surface area contributed by atoms with E-state index in [9.17, 15) is 35.9 Å². The molecule has 3 nitrogen and oxygen atoms in total. The zero-order valence-electron chi connectivity index (χ0n) is 8.08. The average molecular weight is 251 g/mol. The van der Waals surface area contributed by atoms with E-state index in [1.54, 1.807) is 0 Å². The Morgan fingerprint density at radius 3 is 1.62 bits per heavy atom. The van der Waals surface area contributed by atoms with E-state index in [0.717, 1.165) is 5.32 Å². The maximum Gasteiger partial charge on any atom is 0.392 e. The number of carbonyl (C=O) groups is 2. The fourth-order valence-corrected chi connectivity index (χ4v) is 0.657. The Labute approximate surface area is 85.8 Å². The van der Waals surface area contributed by atoms with Crippen molar-refractivity contribution in [3.05, 3.63) is 0 Å². The number of carbonyl (C=O) groups excluding carboxylic acids is 2. The van der Waals surface area contributed by atoms with Gasteiger partial charge in [-0.15, -0.1) is 0 Å². The highest BCUT2D eigenvalue weighted by molar-refractivity contribution is 5.98. The first-order valence-corrected chi connectivity index (χ1v) is 3.79. The Bertz CT molecular complexity index is 308. The summed E-state index contributed by atoms with van der Waals surface area (Å²) in [6.07, 6.45) is 0. The summed E-state index contributed by atoms with van der Waals surface area (Å²) in [5.74, 6) is -20.8. The predicted molar refractivity (Wildman–Crippen MR) is 39.3 cm³/mol. The van der Waals surface area contributed by atoms with Crippen molar-refractivity contribution in [2.24, 2.45) is 0 Å². The van der Waals surface area contributed by atoms with Crippen LogP contribution in [0.1, 0.15) is 13.8 Å². The zero-order valence-corrected chi connectivity index (χ0v) is 8.08. The largest absolute Gasteiger partial charge is 0.392 e. The van der Waals surface area contributed by atoms with Crippen LogP contribution in [0.15, 0.2) is 0 Å². The van der Waals surface area contributed by atoms with Gasteiger partial charge in [0.2, 0.25) is 5.91 Å². The molecule has 94 valence electrons. The van der Waals surface area contributed by atoms with Crippen molar-refractivity contribution >= 4 is 11.8 Å². The topological polar surface area (TPSA) is 46.2 Å². The highest BCUT2D eigenvalue weighted by Gasteiger charge is 2.73. The summed E-state index contributed by atoms with van der Waals surface area (Å²) in [5.41, 5.74) is 0. The standard InChI is InChI=1S/C7H7F6NO2/c1-3(15)14-4(16)6(10,11)7(12,13)5(2,8)9/h1-2H3,(H,14,15,16). The van der Waals surface area contributed by atoms with Crippen molar-refractivity contribution in [1.82, 2.24) is 5.32 Å². The average Bonchev–Trinajstić information content (AvgIpc) is 2.00. The third-order valence-electron chi connectivity index (χ3n) is 1.52. The molecule has 0 rings (SSSR count). The van der Waals surface area contributed by atoms with Crippen molar-refractivity contribution in [2.45, 2.75) is 31.6 Å². The summed E-state index contributed by atoms with van der Waals surface area (Å²) in [4.78, 5) is 20.7. The van der Waals surface area contributed by atoms with Crippen molar-refractivity contribution in [3.8, 4) is 0 Å². The molecule has 1 N–H and O–H groups in total. The highest BCUT2D eigenvalue weighted by Crippen LogP contribution is 2.45. The number of halogens is 6. The molecule has 0 aliphatic carbocycles. The lowest BCUT2D eigenvalue weighted by Gasteiger charge is -2.29. The lowest BCUT2D eigenvalue weighted by atomic mass is 10.1. The van der Waals surface area contributed by atoms with E-state index in [-0.39, 0.29) is 0 Å². The minimum atomic E-state index is -5.89. The Morgan fingerprint density at radius 2 is 1.38 bits per heavy atom. The van der Waals surface area contributed by atoms with Crippen LogP contribution in [0.4, 0.5) is 26.3 Å². The first kappa shape index (κ1) is 14.7. The van der Waals surface area contributed by atoms with Crippen LogP contribution < -0.4 is 5.32 Å². The third kappa shape index (κ3) is 2.45. The van der Waals surface area contributed by atoms with E-state index >= 15 is 0 Å². The number of rotatable bonds is 3. The Hall–Kier alpha value is -1.28. The van der Waals surface area contributed by atoms with Gasteiger partial charge in [-0.05, 0) is 0 Å². The van der Waals surface area contributed by atoms with Gasteiger partial charge in [0.1, 0.15) is 0 Å². The Balaban J connectivity index is 5.19. The predicted octanol–water partition coefficient (Wildman–Crippen LogP) is 1.57. The van der Waals surface area contributed by atoms with Gasteiger partial charge in [0.05, 0.1) is 0 Å². The van der Waals surface area contributed by atoms with E-state index in [4.69, 9.17) is 0 Å². The number of hydrogen-bond acceptors (Lipinski definition) is 2. The van der Waals surface area contributed by atoms with Gasteiger partial charge in [0, 0.05) is 13.8 Å². The molecule has 0 aliphatic rings. The summed E-state index contributed by atoms with van der Waals surface area (Å²) < 4.78 is 74.8. The molecule has 0 aliphatic heterocycles. The number of alkyl halides is 6. The fourth-order valence-electron chi connectivity index (χ4n) is 0.657. The second-order valence-corrected chi connectivity index (χ2v) is 3.05. The molecule has 0 atom stereocenters. The number of nitrogens with one attached hydrogen (secondary N) is 1. The Kier molecular flexibility index (Phi) is 3.63. The first-order chi connectivity index (χ1) is 6.84. The van der Waals surface area contributed by atoms with Gasteiger partial charge in [0.15, 0.2) is 0 Å². The quantitative estimate of drug-likeness (QED) is 0.774. The number of amides is 2. The molecule has 0 bridgehead atoms. The van der Waals surface area contributed by atoms with Crippen LogP contribution >= 0.6 is 0 Å². The molecule has 9 heteroatoms. The van der Waals surface area contributed by atoms with E-state index in [1.165, 1.54) is 0 Å². The summed E-state index contributed by atoms with van der Waals surface area (Å²) in [7, 11) is 0. The molecule has 0 radical (unpaired) electrons. The molecule has 0 saturated carbocycles. The van der Waals surface area contributed by atoms with E-state index in [1.807, 2.05) is 0 Å². The lowest BCUT2D eigenvalue weighted by molar-refractivity contribution is -0.291. The summed E-state index contributed by atoms with van der Waals surface area (Å²) in [6, 6.07) is 0. The Morgan fingerprint density at radius 1 is 1.00 bits per heavy atom. The minimum absolute atomic E-state index is 0.456. The summed E-state index contributed by atoms with van der Waals surface area (Å²) in [6.45, 7) is 0.137. The van der Waals surface area contributed by atoms with Crippen molar-refractivity contribution < 1.29 is 35.9 Å². The second kappa shape index (κ2) is 3.95. The normalized spacial score (nSPS) is 13.5.